The maximum absolute atomic E-state index is 12.1. The monoisotopic (exact) mass is 301 g/mol. The van der Waals surface area contributed by atoms with Gasteiger partial charge in [0.2, 0.25) is 5.91 Å². The lowest BCUT2D eigenvalue weighted by Crippen LogP contribution is -2.39. The molecule has 2 atom stereocenters. The Balaban J connectivity index is 1.80. The first kappa shape index (κ1) is 13.4. The van der Waals surface area contributed by atoms with E-state index in [1.54, 1.807) is 0 Å². The summed E-state index contributed by atoms with van der Waals surface area (Å²) in [5.41, 5.74) is 0.250. The minimum Gasteiger partial charge on any atom is -0.355 e. The smallest absolute Gasteiger partial charge is 0.223 e. The summed E-state index contributed by atoms with van der Waals surface area (Å²) in [5, 5.41) is 4.17. The number of hydrogen-bond donors (Lipinski definition) is 1. The van der Waals surface area contributed by atoms with Crippen molar-refractivity contribution in [3.8, 4) is 0 Å². The van der Waals surface area contributed by atoms with Gasteiger partial charge in [0.15, 0.2) is 0 Å². The first-order valence-corrected chi connectivity index (χ1v) is 8.13. The van der Waals surface area contributed by atoms with Gasteiger partial charge in [0.25, 0.3) is 0 Å². The molecule has 0 aliphatic heterocycles. The lowest BCUT2D eigenvalue weighted by molar-refractivity contribution is -0.123. The summed E-state index contributed by atoms with van der Waals surface area (Å²) >= 11 is 3.59. The van der Waals surface area contributed by atoms with Crippen molar-refractivity contribution in [1.29, 1.82) is 0 Å². The van der Waals surface area contributed by atoms with Crippen LogP contribution in [0.15, 0.2) is 0 Å². The van der Waals surface area contributed by atoms with Crippen molar-refractivity contribution in [2.75, 3.05) is 11.9 Å². The Bertz CT molecular complexity index is 270. The van der Waals surface area contributed by atoms with E-state index in [9.17, 15) is 4.79 Å². The zero-order valence-corrected chi connectivity index (χ0v) is 12.6. The third-order valence-electron chi connectivity index (χ3n) is 5.13. The second-order valence-electron chi connectivity index (χ2n) is 5.84. The molecule has 2 aliphatic rings. The highest BCUT2D eigenvalue weighted by molar-refractivity contribution is 9.09. The standard InChI is InChI=1S/C14H24BrNO/c1-3-14(4-2,8-15)9-16-13(17)12-10-6-5-7-11(10)12/h10-12H,3-9H2,1-2H3,(H,16,17). The Kier molecular flexibility index (Phi) is 4.17. The minimum absolute atomic E-state index is 0.250. The number of amides is 1. The van der Waals surface area contributed by atoms with Crippen LogP contribution in [-0.2, 0) is 4.79 Å². The topological polar surface area (TPSA) is 29.1 Å². The van der Waals surface area contributed by atoms with E-state index in [-0.39, 0.29) is 5.41 Å². The Morgan fingerprint density at radius 1 is 1.29 bits per heavy atom. The number of rotatable bonds is 6. The third-order valence-corrected chi connectivity index (χ3v) is 6.32. The SMILES string of the molecule is CCC(CC)(CBr)CNC(=O)C1C2CCCC21. The molecular weight excluding hydrogens is 278 g/mol. The Hall–Kier alpha value is -0.0500. The van der Waals surface area contributed by atoms with Gasteiger partial charge in [0.1, 0.15) is 0 Å². The molecule has 1 amide bonds. The Labute approximate surface area is 113 Å². The molecule has 98 valence electrons. The van der Waals surface area contributed by atoms with E-state index >= 15 is 0 Å². The molecule has 2 aliphatic carbocycles. The van der Waals surface area contributed by atoms with Crippen LogP contribution in [0.2, 0.25) is 0 Å². The number of fused-ring (bicyclic) bond motifs is 1. The molecule has 2 fully saturated rings. The van der Waals surface area contributed by atoms with Crippen molar-refractivity contribution >= 4 is 21.8 Å². The van der Waals surface area contributed by atoms with Gasteiger partial charge >= 0.3 is 0 Å². The highest BCUT2D eigenvalue weighted by Gasteiger charge is 2.56. The highest BCUT2D eigenvalue weighted by atomic mass is 79.9. The summed E-state index contributed by atoms with van der Waals surface area (Å²) in [5.74, 6) is 2.16. The quantitative estimate of drug-likeness (QED) is 0.749. The van der Waals surface area contributed by atoms with E-state index < -0.39 is 0 Å². The third kappa shape index (κ3) is 2.54. The summed E-state index contributed by atoms with van der Waals surface area (Å²) in [7, 11) is 0. The summed E-state index contributed by atoms with van der Waals surface area (Å²) in [6.07, 6.45) is 6.15. The molecule has 0 radical (unpaired) electrons. The molecule has 0 saturated heterocycles. The highest BCUT2D eigenvalue weighted by Crippen LogP contribution is 2.57. The fourth-order valence-corrected chi connectivity index (χ4v) is 4.33. The lowest BCUT2D eigenvalue weighted by Gasteiger charge is -2.29. The fraction of sp³-hybridized carbons (Fsp3) is 0.929. The zero-order chi connectivity index (χ0) is 12.5. The number of alkyl halides is 1. The Morgan fingerprint density at radius 3 is 2.35 bits per heavy atom. The van der Waals surface area contributed by atoms with Crippen molar-refractivity contribution in [1.82, 2.24) is 5.32 Å². The van der Waals surface area contributed by atoms with Gasteiger partial charge in [-0.1, -0.05) is 36.2 Å². The zero-order valence-electron chi connectivity index (χ0n) is 11.0. The van der Waals surface area contributed by atoms with Crippen molar-refractivity contribution < 1.29 is 4.79 Å². The predicted octanol–water partition coefficient (Wildman–Crippen LogP) is 3.35. The molecular formula is C14H24BrNO. The molecule has 3 heteroatoms. The van der Waals surface area contributed by atoms with Crippen LogP contribution in [-0.4, -0.2) is 17.8 Å². The maximum atomic E-state index is 12.1. The molecule has 0 bridgehead atoms. The number of nitrogens with one attached hydrogen (secondary N) is 1. The van der Waals surface area contributed by atoms with Crippen molar-refractivity contribution in [2.45, 2.75) is 46.0 Å². The first-order valence-electron chi connectivity index (χ1n) is 7.01. The van der Waals surface area contributed by atoms with Crippen LogP contribution < -0.4 is 5.32 Å². The second-order valence-corrected chi connectivity index (χ2v) is 6.40. The number of carbonyl (C=O) groups is 1. The molecule has 0 aromatic heterocycles. The van der Waals surface area contributed by atoms with Crippen molar-refractivity contribution in [3.05, 3.63) is 0 Å². The van der Waals surface area contributed by atoms with E-state index in [1.165, 1.54) is 19.3 Å². The molecule has 2 rings (SSSR count). The molecule has 0 aromatic rings. The number of halogens is 1. The average molecular weight is 302 g/mol. The van der Waals surface area contributed by atoms with Crippen LogP contribution >= 0.6 is 15.9 Å². The van der Waals surface area contributed by atoms with Crippen LogP contribution in [0.5, 0.6) is 0 Å². The van der Waals surface area contributed by atoms with Gasteiger partial charge < -0.3 is 5.32 Å². The van der Waals surface area contributed by atoms with Gasteiger partial charge in [0.05, 0.1) is 0 Å². The van der Waals surface area contributed by atoms with Crippen molar-refractivity contribution in [2.24, 2.45) is 23.2 Å². The molecule has 2 saturated carbocycles. The van der Waals surface area contributed by atoms with Crippen LogP contribution in [0.3, 0.4) is 0 Å². The van der Waals surface area contributed by atoms with E-state index in [4.69, 9.17) is 0 Å². The molecule has 2 nitrogen and oxygen atoms in total. The predicted molar refractivity (Wildman–Crippen MR) is 74.1 cm³/mol. The van der Waals surface area contributed by atoms with Crippen molar-refractivity contribution in [3.63, 3.8) is 0 Å². The normalized spacial score (nSPS) is 31.1. The van der Waals surface area contributed by atoms with Crippen LogP contribution in [0.1, 0.15) is 46.0 Å². The summed E-state index contributed by atoms with van der Waals surface area (Å²) in [6.45, 7) is 5.26. The average Bonchev–Trinajstić information content (AvgIpc) is 2.85. The van der Waals surface area contributed by atoms with E-state index in [0.29, 0.717) is 11.8 Å². The minimum atomic E-state index is 0.250. The molecule has 0 heterocycles. The second kappa shape index (κ2) is 5.29. The van der Waals surface area contributed by atoms with Gasteiger partial charge in [-0.2, -0.15) is 0 Å². The molecule has 2 unspecified atom stereocenters. The van der Waals surface area contributed by atoms with Gasteiger partial charge in [-0.05, 0) is 42.9 Å². The molecule has 0 aromatic carbocycles. The summed E-state index contributed by atoms with van der Waals surface area (Å²) in [4.78, 5) is 12.1. The van der Waals surface area contributed by atoms with Crippen LogP contribution in [0.25, 0.3) is 0 Å². The van der Waals surface area contributed by atoms with E-state index in [0.717, 1.165) is 36.6 Å². The number of carbonyl (C=O) groups excluding carboxylic acids is 1. The van der Waals surface area contributed by atoms with Gasteiger partial charge in [-0.25, -0.2) is 0 Å². The molecule has 0 spiro atoms. The van der Waals surface area contributed by atoms with Gasteiger partial charge in [-0.15, -0.1) is 0 Å². The molecule has 1 N–H and O–H groups in total. The largest absolute Gasteiger partial charge is 0.355 e. The van der Waals surface area contributed by atoms with Gasteiger partial charge in [0, 0.05) is 17.8 Å². The van der Waals surface area contributed by atoms with E-state index in [1.807, 2.05) is 0 Å². The van der Waals surface area contributed by atoms with Gasteiger partial charge in [-0.3, -0.25) is 4.79 Å². The fourth-order valence-electron chi connectivity index (χ4n) is 3.34. The molecule has 17 heavy (non-hydrogen) atoms. The van der Waals surface area contributed by atoms with E-state index in [2.05, 4.69) is 35.1 Å². The number of hydrogen-bond acceptors (Lipinski definition) is 1. The van der Waals surface area contributed by atoms with Crippen LogP contribution in [0, 0.1) is 23.2 Å². The Morgan fingerprint density at radius 2 is 1.88 bits per heavy atom. The first-order chi connectivity index (χ1) is 8.17. The van der Waals surface area contributed by atoms with Crippen LogP contribution in [0.4, 0.5) is 0 Å². The summed E-state index contributed by atoms with van der Waals surface area (Å²) < 4.78 is 0. The lowest BCUT2D eigenvalue weighted by atomic mass is 9.84. The summed E-state index contributed by atoms with van der Waals surface area (Å²) in [6, 6.07) is 0. The maximum Gasteiger partial charge on any atom is 0.223 e.